The highest BCUT2D eigenvalue weighted by molar-refractivity contribution is 7.39. The lowest BCUT2D eigenvalue weighted by Gasteiger charge is -2.26. The summed E-state index contributed by atoms with van der Waals surface area (Å²) in [4.78, 5) is 17.3. The summed E-state index contributed by atoms with van der Waals surface area (Å²) in [6.45, 7) is -0.335. The average molecular weight is 259 g/mol. The van der Waals surface area contributed by atoms with Gasteiger partial charge >= 0.3 is 8.60 Å². The first kappa shape index (κ1) is 14.5. The summed E-state index contributed by atoms with van der Waals surface area (Å²) in [6, 6.07) is 9.75. The van der Waals surface area contributed by atoms with Gasteiger partial charge in [0.25, 0.3) is 0 Å². The van der Waals surface area contributed by atoms with Crippen LogP contribution in [0.4, 0.5) is 0 Å². The summed E-state index contributed by atoms with van der Waals surface area (Å²) >= 11 is 0. The van der Waals surface area contributed by atoms with E-state index in [4.69, 9.17) is 15.5 Å². The van der Waals surface area contributed by atoms with Crippen molar-refractivity contribution in [3.05, 3.63) is 35.9 Å². The van der Waals surface area contributed by atoms with Crippen LogP contribution in [0.2, 0.25) is 0 Å². The molecular formula is C11H18NO4P. The fraction of sp³-hybridized carbons (Fsp3) is 0.455. The third kappa shape index (κ3) is 5.55. The maximum absolute atomic E-state index is 9.22. The van der Waals surface area contributed by atoms with E-state index >= 15 is 0 Å². The maximum atomic E-state index is 9.22. The third-order valence-corrected chi connectivity index (χ3v) is 2.90. The minimum Gasteiger partial charge on any atom is -0.394 e. The first-order chi connectivity index (χ1) is 8.06. The quantitative estimate of drug-likeness (QED) is 0.536. The maximum Gasteiger partial charge on any atom is 0.327 e. The molecule has 1 aromatic rings. The van der Waals surface area contributed by atoms with Gasteiger partial charge in [-0.05, 0) is 18.4 Å². The lowest BCUT2D eigenvalue weighted by atomic mass is 9.94. The van der Waals surface area contributed by atoms with E-state index in [-0.39, 0.29) is 13.2 Å². The summed E-state index contributed by atoms with van der Waals surface area (Å²) < 4.78 is 4.68. The van der Waals surface area contributed by atoms with Crippen molar-refractivity contribution in [2.75, 3.05) is 13.2 Å². The van der Waals surface area contributed by atoms with Gasteiger partial charge in [0, 0.05) is 0 Å². The Morgan fingerprint density at radius 3 is 2.41 bits per heavy atom. The zero-order valence-electron chi connectivity index (χ0n) is 9.49. The third-order valence-electron chi connectivity index (χ3n) is 2.54. The molecule has 17 heavy (non-hydrogen) atoms. The van der Waals surface area contributed by atoms with Crippen molar-refractivity contribution in [3.8, 4) is 0 Å². The molecule has 0 aromatic heterocycles. The van der Waals surface area contributed by atoms with E-state index in [2.05, 4.69) is 4.52 Å². The molecular weight excluding hydrogens is 241 g/mol. The fourth-order valence-corrected chi connectivity index (χ4v) is 1.79. The van der Waals surface area contributed by atoms with Gasteiger partial charge in [-0.15, -0.1) is 0 Å². The number of hydrogen-bond acceptors (Lipinski definition) is 5. The van der Waals surface area contributed by atoms with Crippen molar-refractivity contribution >= 4 is 8.60 Å². The summed E-state index contributed by atoms with van der Waals surface area (Å²) in [5.74, 6) is 0. The molecule has 1 rings (SSSR count). The first-order valence-electron chi connectivity index (χ1n) is 5.30. The van der Waals surface area contributed by atoms with Crippen LogP contribution in [0.15, 0.2) is 30.3 Å². The summed E-state index contributed by atoms with van der Waals surface area (Å²) in [5.41, 5.74) is 6.08. The molecule has 6 heteroatoms. The number of nitrogens with two attached hydrogens (primary N) is 1. The molecule has 1 atom stereocenters. The van der Waals surface area contributed by atoms with Crippen LogP contribution in [0.5, 0.6) is 0 Å². The highest BCUT2D eigenvalue weighted by Crippen LogP contribution is 2.26. The van der Waals surface area contributed by atoms with E-state index in [9.17, 15) is 5.11 Å². The molecule has 0 amide bonds. The molecule has 0 spiro atoms. The molecule has 1 aromatic carbocycles. The van der Waals surface area contributed by atoms with E-state index in [0.717, 1.165) is 5.56 Å². The molecule has 0 bridgehead atoms. The monoisotopic (exact) mass is 259 g/mol. The first-order valence-corrected chi connectivity index (χ1v) is 6.47. The standard InChI is InChI=1S/C11H18NO4P/c12-11(8-13,9-16-17(14)15)7-6-10-4-2-1-3-5-10/h1-5,13-15H,6-9,12H2. The fourth-order valence-electron chi connectivity index (χ4n) is 1.42. The van der Waals surface area contributed by atoms with Gasteiger partial charge < -0.3 is 25.2 Å². The van der Waals surface area contributed by atoms with Crippen LogP contribution in [0.25, 0.3) is 0 Å². The summed E-state index contributed by atoms with van der Waals surface area (Å²) in [7, 11) is -2.43. The van der Waals surface area contributed by atoms with Gasteiger partial charge in [0.15, 0.2) is 0 Å². The number of aliphatic hydroxyl groups is 1. The van der Waals surface area contributed by atoms with Crippen LogP contribution in [0, 0.1) is 0 Å². The number of aryl methyl sites for hydroxylation is 1. The Kier molecular flexibility index (Phi) is 5.98. The smallest absolute Gasteiger partial charge is 0.327 e. The molecule has 0 saturated heterocycles. The zero-order chi connectivity index (χ0) is 12.7. The minimum absolute atomic E-state index is 0.0744. The second kappa shape index (κ2) is 7.01. The number of aliphatic hydroxyl groups excluding tert-OH is 1. The van der Waals surface area contributed by atoms with Crippen LogP contribution in [-0.4, -0.2) is 33.6 Å². The topological polar surface area (TPSA) is 95.9 Å². The predicted molar refractivity (Wildman–Crippen MR) is 66.1 cm³/mol. The van der Waals surface area contributed by atoms with Gasteiger partial charge in [-0.3, -0.25) is 0 Å². The van der Waals surface area contributed by atoms with Crippen LogP contribution in [0.3, 0.4) is 0 Å². The van der Waals surface area contributed by atoms with E-state index < -0.39 is 14.1 Å². The van der Waals surface area contributed by atoms with Gasteiger partial charge in [-0.25, -0.2) is 0 Å². The second-order valence-corrected chi connectivity index (χ2v) is 4.80. The van der Waals surface area contributed by atoms with Gasteiger partial charge in [0.1, 0.15) is 0 Å². The molecule has 5 N–H and O–H groups in total. The summed E-state index contributed by atoms with van der Waals surface area (Å²) in [5, 5.41) is 9.22. The molecule has 0 heterocycles. The van der Waals surface area contributed by atoms with Gasteiger partial charge in [-0.2, -0.15) is 0 Å². The lowest BCUT2D eigenvalue weighted by molar-refractivity contribution is 0.117. The molecule has 96 valence electrons. The highest BCUT2D eigenvalue weighted by atomic mass is 31.2. The van der Waals surface area contributed by atoms with Crippen molar-refractivity contribution in [3.63, 3.8) is 0 Å². The van der Waals surface area contributed by atoms with Crippen molar-refractivity contribution in [1.29, 1.82) is 0 Å². The molecule has 0 aliphatic rings. The molecule has 0 saturated carbocycles. The SMILES string of the molecule is NC(CO)(CCc1ccccc1)COP(O)O. The van der Waals surface area contributed by atoms with Crippen molar-refractivity contribution in [2.45, 2.75) is 18.4 Å². The normalized spacial score (nSPS) is 14.9. The van der Waals surface area contributed by atoms with Crippen LogP contribution in [-0.2, 0) is 10.9 Å². The Labute approximate surface area is 102 Å². The van der Waals surface area contributed by atoms with Crippen molar-refractivity contribution < 1.29 is 19.4 Å². The largest absolute Gasteiger partial charge is 0.394 e. The molecule has 5 nitrogen and oxygen atoms in total. The van der Waals surface area contributed by atoms with Crippen LogP contribution in [0.1, 0.15) is 12.0 Å². The van der Waals surface area contributed by atoms with Crippen molar-refractivity contribution in [1.82, 2.24) is 0 Å². The zero-order valence-corrected chi connectivity index (χ0v) is 10.4. The summed E-state index contributed by atoms with van der Waals surface area (Å²) in [6.07, 6.45) is 1.22. The van der Waals surface area contributed by atoms with Gasteiger partial charge in [0.05, 0.1) is 18.8 Å². The highest BCUT2D eigenvalue weighted by Gasteiger charge is 2.25. The Hall–Kier alpha value is -0.550. The Balaban J connectivity index is 2.45. The van der Waals surface area contributed by atoms with Crippen LogP contribution >= 0.6 is 8.60 Å². The number of rotatable bonds is 7. The Morgan fingerprint density at radius 2 is 1.88 bits per heavy atom. The predicted octanol–water partition coefficient (Wildman–Crippen LogP) is 0.537. The molecule has 0 aliphatic carbocycles. The number of benzene rings is 1. The second-order valence-electron chi connectivity index (χ2n) is 4.03. The van der Waals surface area contributed by atoms with E-state index in [1.165, 1.54) is 0 Å². The average Bonchev–Trinajstić information content (AvgIpc) is 2.35. The Bertz CT molecular complexity index is 323. The van der Waals surface area contributed by atoms with E-state index in [1.54, 1.807) is 0 Å². The number of hydrogen-bond donors (Lipinski definition) is 4. The molecule has 0 fully saturated rings. The van der Waals surface area contributed by atoms with Crippen molar-refractivity contribution in [2.24, 2.45) is 5.73 Å². The molecule has 1 unspecified atom stereocenters. The Morgan fingerprint density at radius 1 is 1.24 bits per heavy atom. The van der Waals surface area contributed by atoms with E-state index in [0.29, 0.717) is 12.8 Å². The lowest BCUT2D eigenvalue weighted by Crippen LogP contribution is -2.48. The van der Waals surface area contributed by atoms with Crippen LogP contribution < -0.4 is 5.73 Å². The molecule has 0 radical (unpaired) electrons. The van der Waals surface area contributed by atoms with Gasteiger partial charge in [0.2, 0.25) is 0 Å². The van der Waals surface area contributed by atoms with E-state index in [1.807, 2.05) is 30.3 Å². The molecule has 0 aliphatic heterocycles. The minimum atomic E-state index is -2.43. The van der Waals surface area contributed by atoms with Gasteiger partial charge in [-0.1, -0.05) is 30.3 Å².